The maximum atomic E-state index is 10.9. The standard InChI is InChI=1S/C7H9BrN2O2S/c1-12-6(11)2-4(9)7-10-3-5(8)13-7/h3-4H,2,9H2,1H3. The van der Waals surface area contributed by atoms with Crippen molar-refractivity contribution in [1.29, 1.82) is 0 Å². The Labute approximate surface area is 88.2 Å². The number of carbonyl (C=O) groups excluding carboxylic acids is 1. The maximum absolute atomic E-state index is 10.9. The smallest absolute Gasteiger partial charge is 0.307 e. The molecule has 1 aromatic heterocycles. The van der Waals surface area contributed by atoms with Gasteiger partial charge in [0.1, 0.15) is 5.01 Å². The number of methoxy groups -OCH3 is 1. The number of rotatable bonds is 3. The zero-order valence-corrected chi connectivity index (χ0v) is 9.39. The van der Waals surface area contributed by atoms with Gasteiger partial charge in [-0.15, -0.1) is 11.3 Å². The van der Waals surface area contributed by atoms with Gasteiger partial charge in [0.2, 0.25) is 0 Å². The van der Waals surface area contributed by atoms with E-state index in [0.29, 0.717) is 0 Å². The molecule has 72 valence electrons. The quantitative estimate of drug-likeness (QED) is 0.840. The molecule has 4 nitrogen and oxygen atoms in total. The van der Waals surface area contributed by atoms with Crippen molar-refractivity contribution in [2.45, 2.75) is 12.5 Å². The lowest BCUT2D eigenvalue weighted by Crippen LogP contribution is -2.15. The molecular weight excluding hydrogens is 256 g/mol. The molecule has 0 radical (unpaired) electrons. The van der Waals surface area contributed by atoms with Crippen LogP contribution >= 0.6 is 27.3 Å². The summed E-state index contributed by atoms with van der Waals surface area (Å²) in [6, 6.07) is -0.372. The summed E-state index contributed by atoms with van der Waals surface area (Å²) < 4.78 is 5.40. The van der Waals surface area contributed by atoms with Gasteiger partial charge in [-0.1, -0.05) is 0 Å². The van der Waals surface area contributed by atoms with Crippen LogP contribution in [0.2, 0.25) is 0 Å². The van der Waals surface area contributed by atoms with Gasteiger partial charge in [-0.25, -0.2) is 4.98 Å². The van der Waals surface area contributed by atoms with Crippen LogP contribution in [0.1, 0.15) is 17.5 Å². The number of halogens is 1. The molecule has 1 aromatic rings. The van der Waals surface area contributed by atoms with Crippen LogP contribution in [0, 0.1) is 0 Å². The van der Waals surface area contributed by atoms with E-state index in [1.54, 1.807) is 6.20 Å². The van der Waals surface area contributed by atoms with Gasteiger partial charge in [0.15, 0.2) is 0 Å². The summed E-state index contributed by atoms with van der Waals surface area (Å²) >= 11 is 4.69. The third-order valence-electron chi connectivity index (χ3n) is 1.43. The largest absolute Gasteiger partial charge is 0.469 e. The highest BCUT2D eigenvalue weighted by molar-refractivity contribution is 9.11. The Kier molecular flexibility index (Phi) is 3.83. The lowest BCUT2D eigenvalue weighted by Gasteiger charge is -2.05. The molecule has 0 saturated carbocycles. The Bertz CT molecular complexity index is 302. The Morgan fingerprint density at radius 1 is 1.92 bits per heavy atom. The highest BCUT2D eigenvalue weighted by atomic mass is 79.9. The number of hydrogen-bond donors (Lipinski definition) is 1. The average Bonchev–Trinajstić information content (AvgIpc) is 2.51. The van der Waals surface area contributed by atoms with Crippen LogP contribution < -0.4 is 5.73 Å². The number of ether oxygens (including phenoxy) is 1. The van der Waals surface area contributed by atoms with Crippen LogP contribution in [-0.4, -0.2) is 18.1 Å². The van der Waals surface area contributed by atoms with Crippen molar-refractivity contribution >= 4 is 33.2 Å². The predicted octanol–water partition coefficient (Wildman–Crippen LogP) is 1.47. The minimum atomic E-state index is -0.372. The first-order valence-corrected chi connectivity index (χ1v) is 5.18. The van der Waals surface area contributed by atoms with Gasteiger partial charge < -0.3 is 10.5 Å². The van der Waals surface area contributed by atoms with E-state index < -0.39 is 0 Å². The first-order chi connectivity index (χ1) is 6.13. The molecule has 6 heteroatoms. The lowest BCUT2D eigenvalue weighted by molar-refractivity contribution is -0.141. The number of hydrogen-bond acceptors (Lipinski definition) is 5. The Hall–Kier alpha value is -0.460. The summed E-state index contributed by atoms with van der Waals surface area (Å²) in [6.45, 7) is 0. The van der Waals surface area contributed by atoms with Gasteiger partial charge in [-0.05, 0) is 15.9 Å². The second-order valence-electron chi connectivity index (χ2n) is 2.39. The Morgan fingerprint density at radius 3 is 3.08 bits per heavy atom. The highest BCUT2D eigenvalue weighted by Crippen LogP contribution is 2.24. The number of nitrogens with two attached hydrogens (primary N) is 1. The third-order valence-corrected chi connectivity index (χ3v) is 3.03. The van der Waals surface area contributed by atoms with Gasteiger partial charge in [-0.2, -0.15) is 0 Å². The van der Waals surface area contributed by atoms with Crippen molar-refractivity contribution in [3.8, 4) is 0 Å². The number of esters is 1. The molecule has 13 heavy (non-hydrogen) atoms. The third kappa shape index (κ3) is 3.06. The molecule has 1 heterocycles. The number of carbonyl (C=O) groups is 1. The van der Waals surface area contributed by atoms with Crippen molar-refractivity contribution in [2.24, 2.45) is 5.73 Å². The SMILES string of the molecule is COC(=O)CC(N)c1ncc(Br)s1. The molecular formula is C7H9BrN2O2S. The second-order valence-corrected chi connectivity index (χ2v) is 4.83. The van der Waals surface area contributed by atoms with Gasteiger partial charge in [0, 0.05) is 0 Å². The molecule has 0 bridgehead atoms. The van der Waals surface area contributed by atoms with Gasteiger partial charge in [0.25, 0.3) is 0 Å². The molecule has 0 amide bonds. The van der Waals surface area contributed by atoms with Crippen LogP contribution in [0.5, 0.6) is 0 Å². The van der Waals surface area contributed by atoms with Crippen LogP contribution in [-0.2, 0) is 9.53 Å². The molecule has 1 atom stereocenters. The fourth-order valence-electron chi connectivity index (χ4n) is 0.789. The summed E-state index contributed by atoms with van der Waals surface area (Å²) in [5.41, 5.74) is 5.71. The highest BCUT2D eigenvalue weighted by Gasteiger charge is 2.14. The average molecular weight is 265 g/mol. The molecule has 1 rings (SSSR count). The molecule has 0 aromatic carbocycles. The van der Waals surface area contributed by atoms with Crippen LogP contribution in [0.15, 0.2) is 9.98 Å². The zero-order valence-electron chi connectivity index (χ0n) is 6.99. The maximum Gasteiger partial charge on any atom is 0.307 e. The molecule has 0 spiro atoms. The summed E-state index contributed by atoms with van der Waals surface area (Å²) in [6.07, 6.45) is 1.83. The van der Waals surface area contributed by atoms with Crippen LogP contribution in [0.4, 0.5) is 0 Å². The molecule has 0 saturated heterocycles. The monoisotopic (exact) mass is 264 g/mol. The minimum Gasteiger partial charge on any atom is -0.469 e. The van der Waals surface area contributed by atoms with Crippen molar-refractivity contribution < 1.29 is 9.53 Å². The van der Waals surface area contributed by atoms with Gasteiger partial charge in [-0.3, -0.25) is 4.79 Å². The number of aromatic nitrogens is 1. The molecule has 0 aliphatic carbocycles. The Morgan fingerprint density at radius 2 is 2.62 bits per heavy atom. The number of nitrogens with zero attached hydrogens (tertiary/aromatic N) is 1. The van der Waals surface area contributed by atoms with E-state index in [4.69, 9.17) is 5.73 Å². The molecule has 0 aliphatic rings. The van der Waals surface area contributed by atoms with Gasteiger partial charge in [0.05, 0.1) is 29.6 Å². The van der Waals surface area contributed by atoms with E-state index in [1.165, 1.54) is 18.4 Å². The number of thiazole rings is 1. The van der Waals surface area contributed by atoms with Crippen LogP contribution in [0.25, 0.3) is 0 Å². The van der Waals surface area contributed by atoms with E-state index in [2.05, 4.69) is 25.7 Å². The van der Waals surface area contributed by atoms with Crippen LogP contribution in [0.3, 0.4) is 0 Å². The normalized spacial score (nSPS) is 12.5. The van der Waals surface area contributed by atoms with Crippen molar-refractivity contribution in [3.05, 3.63) is 15.0 Å². The molecule has 1 unspecified atom stereocenters. The van der Waals surface area contributed by atoms with Gasteiger partial charge >= 0.3 is 5.97 Å². The predicted molar refractivity (Wildman–Crippen MR) is 53.4 cm³/mol. The molecule has 2 N–H and O–H groups in total. The van der Waals surface area contributed by atoms with E-state index in [-0.39, 0.29) is 18.4 Å². The molecule has 0 aliphatic heterocycles. The van der Waals surface area contributed by atoms with E-state index in [9.17, 15) is 4.79 Å². The zero-order chi connectivity index (χ0) is 9.84. The van der Waals surface area contributed by atoms with Crippen molar-refractivity contribution in [3.63, 3.8) is 0 Å². The fraction of sp³-hybridized carbons (Fsp3) is 0.429. The molecule has 0 fully saturated rings. The lowest BCUT2D eigenvalue weighted by atomic mass is 10.2. The Balaban J connectivity index is 2.58. The summed E-state index contributed by atoms with van der Waals surface area (Å²) in [5, 5.41) is 0.734. The second kappa shape index (κ2) is 4.69. The van der Waals surface area contributed by atoms with E-state index in [1.807, 2.05) is 0 Å². The topological polar surface area (TPSA) is 65.2 Å². The summed E-state index contributed by atoms with van der Waals surface area (Å²) in [7, 11) is 1.34. The first-order valence-electron chi connectivity index (χ1n) is 3.57. The summed E-state index contributed by atoms with van der Waals surface area (Å²) in [5.74, 6) is -0.321. The fourth-order valence-corrected chi connectivity index (χ4v) is 2.03. The van der Waals surface area contributed by atoms with Crippen molar-refractivity contribution in [2.75, 3.05) is 7.11 Å². The van der Waals surface area contributed by atoms with E-state index in [0.717, 1.165) is 8.79 Å². The first kappa shape index (κ1) is 10.6. The van der Waals surface area contributed by atoms with E-state index >= 15 is 0 Å². The van der Waals surface area contributed by atoms with Crippen molar-refractivity contribution in [1.82, 2.24) is 4.98 Å². The summed E-state index contributed by atoms with van der Waals surface area (Å²) in [4.78, 5) is 14.9. The minimum absolute atomic E-state index is 0.163.